The molecule has 0 saturated carbocycles. The van der Waals surface area contributed by atoms with Crippen LogP contribution in [-0.4, -0.2) is 9.13 Å². The van der Waals surface area contributed by atoms with E-state index in [1.165, 1.54) is 60.3 Å². The topological polar surface area (TPSA) is 33.6 Å². The summed E-state index contributed by atoms with van der Waals surface area (Å²) in [6.45, 7) is 4.68. The first-order valence-corrected chi connectivity index (χ1v) is 16.9. The first-order chi connectivity index (χ1) is 24.1. The van der Waals surface area contributed by atoms with Crippen LogP contribution in [0.2, 0.25) is 0 Å². The van der Waals surface area contributed by atoms with Crippen molar-refractivity contribution in [3.63, 3.8) is 0 Å². The molecule has 3 heteroatoms. The van der Waals surface area contributed by atoms with Crippen LogP contribution in [0.4, 0.5) is 0 Å². The zero-order valence-electron chi connectivity index (χ0n) is 27.3. The summed E-state index contributed by atoms with van der Waals surface area (Å²) in [6.07, 6.45) is 0. The second-order valence-corrected chi connectivity index (χ2v) is 13.6. The van der Waals surface area contributed by atoms with E-state index in [-0.39, 0.29) is 5.41 Å². The van der Waals surface area contributed by atoms with Crippen molar-refractivity contribution in [2.45, 2.75) is 19.3 Å². The Balaban J connectivity index is 1.30. The first kappa shape index (κ1) is 27.7. The SMILES string of the molecule is CC1(C)c2ccccc2-c2ccc3c4ccccc4n(-c4c(C#N)cccc4-c4cccc(-n5c6ccccc6c6ccccc65)c4)c3c21. The monoisotopic (exact) mass is 625 g/mol. The highest BCUT2D eigenvalue weighted by atomic mass is 15.0. The van der Waals surface area contributed by atoms with Crippen LogP contribution in [0.15, 0.2) is 152 Å². The summed E-state index contributed by atoms with van der Waals surface area (Å²) in [5, 5.41) is 15.6. The molecule has 2 aromatic heterocycles. The van der Waals surface area contributed by atoms with Crippen LogP contribution in [0.25, 0.3) is 77.2 Å². The molecule has 0 aliphatic heterocycles. The number of aromatic nitrogens is 2. The Morgan fingerprint density at radius 1 is 0.510 bits per heavy atom. The van der Waals surface area contributed by atoms with Crippen molar-refractivity contribution in [1.29, 1.82) is 5.26 Å². The average molecular weight is 626 g/mol. The molecule has 230 valence electrons. The van der Waals surface area contributed by atoms with E-state index < -0.39 is 0 Å². The number of nitriles is 1. The molecule has 0 amide bonds. The second kappa shape index (κ2) is 10.1. The second-order valence-electron chi connectivity index (χ2n) is 13.6. The van der Waals surface area contributed by atoms with E-state index >= 15 is 0 Å². The van der Waals surface area contributed by atoms with Crippen molar-refractivity contribution < 1.29 is 0 Å². The summed E-state index contributed by atoms with van der Waals surface area (Å²) in [4.78, 5) is 0. The van der Waals surface area contributed by atoms with Crippen molar-refractivity contribution in [2.24, 2.45) is 0 Å². The van der Waals surface area contributed by atoms with Crippen molar-refractivity contribution in [1.82, 2.24) is 9.13 Å². The largest absolute Gasteiger partial charge is 0.309 e. The Kier molecular flexibility index (Phi) is 5.69. The standard InChI is InChI=1S/C46H31N3/c1-46(2)39-21-7-3-16-33(39)37-25-26-38-36-19-6-10-24-42(36)49(45(38)43(37)46)44-30(28-47)14-12-20-32(44)29-13-11-15-31(27-29)48-40-22-8-4-17-34(40)35-18-5-9-23-41(35)48/h3-27H,1-2H3. The molecule has 1 aliphatic rings. The molecule has 9 aromatic rings. The molecule has 0 fully saturated rings. The summed E-state index contributed by atoms with van der Waals surface area (Å²) in [5.74, 6) is 0. The van der Waals surface area contributed by atoms with Crippen molar-refractivity contribution in [3.8, 4) is 39.7 Å². The third-order valence-electron chi connectivity index (χ3n) is 10.7. The van der Waals surface area contributed by atoms with E-state index in [2.05, 4.69) is 169 Å². The van der Waals surface area contributed by atoms with Gasteiger partial charge in [-0.3, -0.25) is 0 Å². The van der Waals surface area contributed by atoms with E-state index in [4.69, 9.17) is 0 Å². The van der Waals surface area contributed by atoms with Gasteiger partial charge in [-0.05, 0) is 64.2 Å². The van der Waals surface area contributed by atoms with Crippen LogP contribution in [-0.2, 0) is 5.41 Å². The molecule has 1 aliphatic carbocycles. The van der Waals surface area contributed by atoms with E-state index in [1.54, 1.807) is 0 Å². The fraction of sp³-hybridized carbons (Fsp3) is 0.0652. The highest BCUT2D eigenvalue weighted by molar-refractivity contribution is 6.14. The summed E-state index contributed by atoms with van der Waals surface area (Å²) >= 11 is 0. The van der Waals surface area contributed by atoms with Gasteiger partial charge in [0.15, 0.2) is 0 Å². The van der Waals surface area contributed by atoms with E-state index in [0.29, 0.717) is 5.56 Å². The molecule has 0 bridgehead atoms. The molecule has 7 aromatic carbocycles. The molecular weight excluding hydrogens is 595 g/mol. The quantitative estimate of drug-likeness (QED) is 0.192. The Hall–Kier alpha value is -6.37. The van der Waals surface area contributed by atoms with Gasteiger partial charge in [0.2, 0.25) is 0 Å². The number of para-hydroxylation sites is 4. The summed E-state index contributed by atoms with van der Waals surface area (Å²) < 4.78 is 4.74. The molecule has 3 nitrogen and oxygen atoms in total. The van der Waals surface area contributed by atoms with Crippen molar-refractivity contribution in [2.75, 3.05) is 0 Å². The van der Waals surface area contributed by atoms with E-state index in [1.807, 2.05) is 12.1 Å². The lowest BCUT2D eigenvalue weighted by Gasteiger charge is -2.24. The molecule has 49 heavy (non-hydrogen) atoms. The van der Waals surface area contributed by atoms with Gasteiger partial charge in [-0.2, -0.15) is 5.26 Å². The maximum absolute atomic E-state index is 10.7. The minimum Gasteiger partial charge on any atom is -0.309 e. The lowest BCUT2D eigenvalue weighted by Crippen LogP contribution is -2.16. The van der Waals surface area contributed by atoms with Gasteiger partial charge in [0.05, 0.1) is 33.3 Å². The average Bonchev–Trinajstić information content (AvgIpc) is 3.75. The van der Waals surface area contributed by atoms with Crippen LogP contribution in [0, 0.1) is 11.3 Å². The normalized spacial score (nSPS) is 13.2. The van der Waals surface area contributed by atoms with Gasteiger partial charge in [0, 0.05) is 38.2 Å². The van der Waals surface area contributed by atoms with Gasteiger partial charge in [0.25, 0.3) is 0 Å². The third-order valence-corrected chi connectivity index (χ3v) is 10.7. The first-order valence-electron chi connectivity index (χ1n) is 16.9. The lowest BCUT2D eigenvalue weighted by molar-refractivity contribution is 0.664. The maximum atomic E-state index is 10.7. The number of hydrogen-bond acceptors (Lipinski definition) is 1. The molecule has 0 unspecified atom stereocenters. The Morgan fingerprint density at radius 3 is 1.82 bits per heavy atom. The number of benzene rings is 7. The Bertz CT molecular complexity index is 2820. The highest BCUT2D eigenvalue weighted by Gasteiger charge is 2.38. The zero-order chi connectivity index (χ0) is 32.9. The minimum atomic E-state index is -0.226. The predicted molar refractivity (Wildman–Crippen MR) is 203 cm³/mol. The van der Waals surface area contributed by atoms with Crippen LogP contribution < -0.4 is 0 Å². The van der Waals surface area contributed by atoms with Crippen LogP contribution >= 0.6 is 0 Å². The van der Waals surface area contributed by atoms with Gasteiger partial charge in [-0.15, -0.1) is 0 Å². The minimum absolute atomic E-state index is 0.226. The van der Waals surface area contributed by atoms with Gasteiger partial charge in [-0.25, -0.2) is 0 Å². The third kappa shape index (κ3) is 3.72. The van der Waals surface area contributed by atoms with Gasteiger partial charge < -0.3 is 9.13 Å². The fourth-order valence-corrected chi connectivity index (χ4v) is 8.67. The number of hydrogen-bond donors (Lipinski definition) is 0. The van der Waals surface area contributed by atoms with Gasteiger partial charge in [0.1, 0.15) is 6.07 Å². The number of rotatable bonds is 3. The van der Waals surface area contributed by atoms with Crippen LogP contribution in [0.5, 0.6) is 0 Å². The molecular formula is C46H31N3. The summed E-state index contributed by atoms with van der Waals surface area (Å²) in [6, 6.07) is 56.8. The number of nitrogens with zero attached hydrogens (tertiary/aromatic N) is 3. The van der Waals surface area contributed by atoms with Crippen LogP contribution in [0.1, 0.15) is 30.5 Å². The lowest BCUT2D eigenvalue weighted by atomic mass is 9.81. The van der Waals surface area contributed by atoms with Gasteiger partial charge >= 0.3 is 0 Å². The highest BCUT2D eigenvalue weighted by Crippen LogP contribution is 2.53. The smallest absolute Gasteiger partial charge is 0.101 e. The molecule has 0 saturated heterocycles. The Morgan fingerprint density at radius 2 is 1.10 bits per heavy atom. The van der Waals surface area contributed by atoms with Gasteiger partial charge in [-0.1, -0.05) is 129 Å². The summed E-state index contributed by atoms with van der Waals surface area (Å²) in [5.41, 5.74) is 14.3. The van der Waals surface area contributed by atoms with E-state index in [0.717, 1.165) is 28.0 Å². The van der Waals surface area contributed by atoms with Crippen molar-refractivity contribution >= 4 is 43.6 Å². The van der Waals surface area contributed by atoms with Crippen LogP contribution in [0.3, 0.4) is 0 Å². The molecule has 0 atom stereocenters. The molecule has 0 N–H and O–H groups in total. The maximum Gasteiger partial charge on any atom is 0.101 e. The summed E-state index contributed by atoms with van der Waals surface area (Å²) in [7, 11) is 0. The fourth-order valence-electron chi connectivity index (χ4n) is 8.67. The molecule has 2 heterocycles. The zero-order valence-corrected chi connectivity index (χ0v) is 27.3. The van der Waals surface area contributed by atoms with E-state index in [9.17, 15) is 5.26 Å². The Labute approximate surface area is 284 Å². The number of fused-ring (bicyclic) bond motifs is 10. The molecule has 0 radical (unpaired) electrons. The van der Waals surface area contributed by atoms with Crippen molar-refractivity contribution in [3.05, 3.63) is 168 Å². The molecule has 10 rings (SSSR count). The predicted octanol–water partition coefficient (Wildman–Crippen LogP) is 11.7. The molecule has 0 spiro atoms.